The number of nitrogens with zero attached hydrogens (tertiary/aromatic N) is 2. The van der Waals surface area contributed by atoms with Gasteiger partial charge < -0.3 is 9.64 Å². The molecule has 0 saturated heterocycles. The smallest absolute Gasteiger partial charge is 0.186 e. The van der Waals surface area contributed by atoms with E-state index in [0.717, 1.165) is 40.0 Å². The van der Waals surface area contributed by atoms with E-state index in [1.54, 1.807) is 24.5 Å². The molecule has 1 atom stereocenters. The average molecular weight is 482 g/mol. The van der Waals surface area contributed by atoms with Crippen LogP contribution in [0.3, 0.4) is 0 Å². The van der Waals surface area contributed by atoms with Gasteiger partial charge in [0.2, 0.25) is 0 Å². The third-order valence-electron chi connectivity index (χ3n) is 4.88. The molecule has 3 aromatic rings. The highest BCUT2D eigenvalue weighted by molar-refractivity contribution is 7.98. The monoisotopic (exact) mass is 480 g/mol. The Bertz CT molecular complexity index is 979. The van der Waals surface area contributed by atoms with Gasteiger partial charge in [-0.1, -0.05) is 60.5 Å². The quantitative estimate of drug-likeness (QED) is 0.312. The summed E-state index contributed by atoms with van der Waals surface area (Å²) in [5.74, 6) is 1.56. The highest BCUT2D eigenvalue weighted by atomic mass is 35.5. The summed E-state index contributed by atoms with van der Waals surface area (Å²) in [6.07, 6.45) is 3.19. The number of benzene rings is 2. The fourth-order valence-electron chi connectivity index (χ4n) is 3.45. The van der Waals surface area contributed by atoms with Crippen LogP contribution in [-0.4, -0.2) is 30.6 Å². The fraction of sp³-hybridized carbons (Fsp3) is 0.348. The van der Waals surface area contributed by atoms with Crippen molar-refractivity contribution in [3.05, 3.63) is 63.0 Å². The Morgan fingerprint density at radius 2 is 1.90 bits per heavy atom. The summed E-state index contributed by atoms with van der Waals surface area (Å²) in [5, 5.41) is 2.12. The molecular weight excluding hydrogens is 455 g/mol. The van der Waals surface area contributed by atoms with Gasteiger partial charge in [-0.05, 0) is 31.2 Å². The van der Waals surface area contributed by atoms with E-state index in [9.17, 15) is 0 Å². The fourth-order valence-corrected chi connectivity index (χ4v) is 5.62. The molecule has 0 aliphatic carbocycles. The van der Waals surface area contributed by atoms with Gasteiger partial charge in [0.15, 0.2) is 5.13 Å². The third-order valence-corrected chi connectivity index (χ3v) is 7.14. The minimum atomic E-state index is 0.259. The van der Waals surface area contributed by atoms with Crippen molar-refractivity contribution in [3.8, 4) is 17.0 Å². The maximum Gasteiger partial charge on any atom is 0.186 e. The number of anilines is 1. The number of aromatic nitrogens is 1. The number of ether oxygens (including phenoxy) is 1. The number of thiazole rings is 1. The van der Waals surface area contributed by atoms with Crippen LogP contribution in [0.1, 0.15) is 29.8 Å². The van der Waals surface area contributed by atoms with E-state index in [2.05, 4.69) is 55.3 Å². The van der Waals surface area contributed by atoms with E-state index >= 15 is 0 Å². The van der Waals surface area contributed by atoms with Gasteiger partial charge in [-0.2, -0.15) is 11.8 Å². The molecule has 0 radical (unpaired) electrons. The molecule has 2 aromatic carbocycles. The molecule has 30 heavy (non-hydrogen) atoms. The van der Waals surface area contributed by atoms with Crippen LogP contribution >= 0.6 is 46.3 Å². The molecule has 0 fully saturated rings. The van der Waals surface area contributed by atoms with E-state index in [-0.39, 0.29) is 6.04 Å². The van der Waals surface area contributed by atoms with Gasteiger partial charge in [-0.25, -0.2) is 4.98 Å². The van der Waals surface area contributed by atoms with Crippen molar-refractivity contribution < 1.29 is 4.74 Å². The van der Waals surface area contributed by atoms with E-state index in [1.807, 2.05) is 17.8 Å². The van der Waals surface area contributed by atoms with Crippen LogP contribution in [-0.2, 0) is 0 Å². The first-order valence-corrected chi connectivity index (χ1v) is 12.8. The Balaban J connectivity index is 2.04. The van der Waals surface area contributed by atoms with Crippen LogP contribution < -0.4 is 9.64 Å². The Morgan fingerprint density at radius 1 is 1.17 bits per heavy atom. The topological polar surface area (TPSA) is 25.4 Å². The summed E-state index contributed by atoms with van der Waals surface area (Å²) in [5.41, 5.74) is 3.02. The summed E-state index contributed by atoms with van der Waals surface area (Å²) in [6.45, 7) is 5.22. The Kier molecular flexibility index (Phi) is 8.35. The van der Waals surface area contributed by atoms with Crippen molar-refractivity contribution in [2.75, 3.05) is 30.6 Å². The molecule has 0 N–H and O–H groups in total. The molecule has 0 aliphatic heterocycles. The van der Waals surface area contributed by atoms with Crippen LogP contribution in [0.2, 0.25) is 10.0 Å². The van der Waals surface area contributed by atoms with Gasteiger partial charge in [-0.15, -0.1) is 11.3 Å². The van der Waals surface area contributed by atoms with E-state index in [0.29, 0.717) is 15.8 Å². The summed E-state index contributed by atoms with van der Waals surface area (Å²) >= 11 is 16.5. The minimum absolute atomic E-state index is 0.259. The highest BCUT2D eigenvalue weighted by Crippen LogP contribution is 2.42. The molecular formula is C23H26Cl2N2OS2. The second-order valence-corrected chi connectivity index (χ2v) is 9.85. The zero-order chi connectivity index (χ0) is 21.7. The number of aryl methyl sites for hydroxylation is 1. The number of thioether (sulfide) groups is 1. The molecule has 160 valence electrons. The SMILES string of the molecule is CCCN(c1nc(-c2cc(Cl)c(OC)cc2Cl)c(C)s1)C(CSC)c1ccccc1. The second kappa shape index (κ2) is 10.8. The summed E-state index contributed by atoms with van der Waals surface area (Å²) in [7, 11) is 1.58. The Morgan fingerprint density at radius 3 is 2.53 bits per heavy atom. The molecule has 1 unspecified atom stereocenters. The van der Waals surface area contributed by atoms with Gasteiger partial charge in [0, 0.05) is 28.8 Å². The molecule has 0 aliphatic rings. The summed E-state index contributed by atoms with van der Waals surface area (Å²) in [4.78, 5) is 8.57. The van der Waals surface area contributed by atoms with Crippen molar-refractivity contribution in [1.82, 2.24) is 4.98 Å². The summed E-state index contributed by atoms with van der Waals surface area (Å²) < 4.78 is 5.28. The van der Waals surface area contributed by atoms with Gasteiger partial charge in [0.25, 0.3) is 0 Å². The maximum atomic E-state index is 6.55. The van der Waals surface area contributed by atoms with Gasteiger partial charge in [0.05, 0.1) is 28.9 Å². The standard InChI is InChI=1S/C23H26Cl2N2OS2/c1-5-11-27(20(14-29-4)16-9-7-6-8-10-16)23-26-22(15(2)30-23)17-12-19(25)21(28-3)13-18(17)24/h6-10,12-13,20H,5,11,14H2,1-4H3. The van der Waals surface area contributed by atoms with E-state index in [1.165, 1.54) is 5.56 Å². The van der Waals surface area contributed by atoms with Crippen LogP contribution in [0.15, 0.2) is 42.5 Å². The first kappa shape index (κ1) is 23.3. The average Bonchev–Trinajstić information content (AvgIpc) is 3.13. The molecule has 7 heteroatoms. The largest absolute Gasteiger partial charge is 0.495 e. The molecule has 1 aromatic heterocycles. The van der Waals surface area contributed by atoms with Crippen LogP contribution in [0.5, 0.6) is 5.75 Å². The Hall–Kier alpha value is -1.40. The number of methoxy groups -OCH3 is 1. The lowest BCUT2D eigenvalue weighted by atomic mass is 10.1. The van der Waals surface area contributed by atoms with Crippen molar-refractivity contribution in [2.24, 2.45) is 0 Å². The second-order valence-electron chi connectivity index (χ2n) is 6.94. The zero-order valence-corrected chi connectivity index (χ0v) is 20.8. The molecule has 0 amide bonds. The normalized spacial score (nSPS) is 12.1. The van der Waals surface area contributed by atoms with Crippen molar-refractivity contribution in [1.29, 1.82) is 0 Å². The predicted molar refractivity (Wildman–Crippen MR) is 134 cm³/mol. The van der Waals surface area contributed by atoms with Gasteiger partial charge >= 0.3 is 0 Å². The lowest BCUT2D eigenvalue weighted by Crippen LogP contribution is -2.31. The van der Waals surface area contributed by atoms with E-state index < -0.39 is 0 Å². The lowest BCUT2D eigenvalue weighted by Gasteiger charge is -2.31. The first-order valence-electron chi connectivity index (χ1n) is 9.81. The zero-order valence-electron chi connectivity index (χ0n) is 17.6. The van der Waals surface area contributed by atoms with Crippen molar-refractivity contribution in [2.45, 2.75) is 26.3 Å². The van der Waals surface area contributed by atoms with Gasteiger partial charge in [0.1, 0.15) is 5.75 Å². The highest BCUT2D eigenvalue weighted by Gasteiger charge is 2.25. The van der Waals surface area contributed by atoms with Crippen molar-refractivity contribution in [3.63, 3.8) is 0 Å². The van der Waals surface area contributed by atoms with E-state index in [4.69, 9.17) is 32.9 Å². The van der Waals surface area contributed by atoms with Crippen molar-refractivity contribution >= 4 is 51.4 Å². The number of hydrogen-bond acceptors (Lipinski definition) is 5. The lowest BCUT2D eigenvalue weighted by molar-refractivity contribution is 0.415. The Labute approximate surface area is 197 Å². The van der Waals surface area contributed by atoms with Gasteiger partial charge in [-0.3, -0.25) is 0 Å². The first-order chi connectivity index (χ1) is 14.5. The molecule has 1 heterocycles. The number of rotatable bonds is 9. The molecule has 3 nitrogen and oxygen atoms in total. The molecule has 0 bridgehead atoms. The number of halogens is 2. The van der Waals surface area contributed by atoms with Crippen LogP contribution in [0.25, 0.3) is 11.3 Å². The minimum Gasteiger partial charge on any atom is -0.495 e. The third kappa shape index (κ3) is 5.08. The molecule has 3 rings (SSSR count). The molecule has 0 saturated carbocycles. The summed E-state index contributed by atoms with van der Waals surface area (Å²) in [6, 6.07) is 14.5. The van der Waals surface area contributed by atoms with Crippen LogP contribution in [0, 0.1) is 6.92 Å². The predicted octanol–water partition coefficient (Wildman–Crippen LogP) is 7.75. The van der Waals surface area contributed by atoms with Crippen LogP contribution in [0.4, 0.5) is 5.13 Å². The number of hydrogen-bond donors (Lipinski definition) is 0. The molecule has 0 spiro atoms. The maximum absolute atomic E-state index is 6.55.